The van der Waals surface area contributed by atoms with Crippen molar-refractivity contribution < 1.29 is 14.6 Å². The topological polar surface area (TPSA) is 69.1 Å². The molecule has 172 valence electrons. The second-order valence-electron chi connectivity index (χ2n) is 8.95. The Morgan fingerprint density at radius 1 is 1.22 bits per heavy atom. The number of aliphatic hydroxyl groups excluding tert-OH is 1. The van der Waals surface area contributed by atoms with Crippen molar-refractivity contribution in [2.24, 2.45) is 0 Å². The summed E-state index contributed by atoms with van der Waals surface area (Å²) in [6, 6.07) is 12.4. The predicted molar refractivity (Wildman–Crippen MR) is 125 cm³/mol. The highest BCUT2D eigenvalue weighted by atomic mass is 16.5. The number of aromatic nitrogens is 1. The highest BCUT2D eigenvalue weighted by molar-refractivity contribution is 5.94. The number of benzene rings is 1. The summed E-state index contributed by atoms with van der Waals surface area (Å²) >= 11 is 0. The molecular weight excluding hydrogens is 404 g/mol. The summed E-state index contributed by atoms with van der Waals surface area (Å²) in [6.45, 7) is 4.15. The second kappa shape index (κ2) is 10.4. The SMILES string of the molecule is CN(CC(O)CN1CCc2ccccc2C1)C(=O)c1ccnc(N(C)C2CCOCC2)c1. The van der Waals surface area contributed by atoms with Crippen molar-refractivity contribution in [3.8, 4) is 0 Å². The van der Waals surface area contributed by atoms with Gasteiger partial charge in [-0.05, 0) is 42.5 Å². The third kappa shape index (κ3) is 5.46. The van der Waals surface area contributed by atoms with Gasteiger partial charge in [-0.25, -0.2) is 4.98 Å². The lowest BCUT2D eigenvalue weighted by molar-refractivity contribution is 0.0568. The fourth-order valence-electron chi connectivity index (χ4n) is 4.69. The Hall–Kier alpha value is -2.48. The standard InChI is InChI=1S/C25H34N4O3/c1-27(17-23(30)18-29-12-8-19-5-3-4-6-21(19)16-29)25(31)20-7-11-26-24(15-20)28(2)22-9-13-32-14-10-22/h3-7,11,15,22-23,30H,8-10,12-14,16-18H2,1-2H3. The van der Waals surface area contributed by atoms with Crippen LogP contribution in [0.5, 0.6) is 0 Å². The van der Waals surface area contributed by atoms with E-state index in [0.29, 0.717) is 24.7 Å². The largest absolute Gasteiger partial charge is 0.390 e. The van der Waals surface area contributed by atoms with E-state index < -0.39 is 6.10 Å². The number of ether oxygens (including phenoxy) is 1. The van der Waals surface area contributed by atoms with E-state index in [1.54, 1.807) is 24.2 Å². The number of carbonyl (C=O) groups excluding carboxylic acids is 1. The zero-order valence-electron chi connectivity index (χ0n) is 19.1. The Labute approximate surface area is 190 Å². The van der Waals surface area contributed by atoms with Crippen molar-refractivity contribution in [2.45, 2.75) is 38.0 Å². The summed E-state index contributed by atoms with van der Waals surface area (Å²) in [6.07, 6.45) is 4.01. The van der Waals surface area contributed by atoms with E-state index >= 15 is 0 Å². The Morgan fingerprint density at radius 2 is 1.97 bits per heavy atom. The lowest BCUT2D eigenvalue weighted by Gasteiger charge is -2.32. The number of hydrogen-bond donors (Lipinski definition) is 1. The maximum absolute atomic E-state index is 13.0. The van der Waals surface area contributed by atoms with Gasteiger partial charge < -0.3 is 19.6 Å². The predicted octanol–water partition coefficient (Wildman–Crippen LogP) is 2.19. The number of fused-ring (bicyclic) bond motifs is 1. The number of amides is 1. The number of pyridine rings is 1. The van der Waals surface area contributed by atoms with Gasteiger partial charge in [0.2, 0.25) is 0 Å². The molecule has 1 saturated heterocycles. The number of hydrogen-bond acceptors (Lipinski definition) is 6. The van der Waals surface area contributed by atoms with Gasteiger partial charge in [0.1, 0.15) is 5.82 Å². The molecule has 7 nitrogen and oxygen atoms in total. The Balaban J connectivity index is 1.32. The first-order chi connectivity index (χ1) is 15.5. The number of aliphatic hydroxyl groups is 1. The smallest absolute Gasteiger partial charge is 0.253 e. The zero-order valence-corrected chi connectivity index (χ0v) is 19.1. The minimum atomic E-state index is -0.597. The molecule has 2 aromatic rings. The molecule has 0 aliphatic carbocycles. The molecule has 1 unspecified atom stereocenters. The van der Waals surface area contributed by atoms with Gasteiger partial charge in [-0.1, -0.05) is 24.3 Å². The van der Waals surface area contributed by atoms with E-state index in [4.69, 9.17) is 4.74 Å². The Kier molecular flexibility index (Phi) is 7.40. The number of anilines is 1. The van der Waals surface area contributed by atoms with Gasteiger partial charge in [0.05, 0.1) is 6.10 Å². The average molecular weight is 439 g/mol. The molecule has 1 aromatic carbocycles. The van der Waals surface area contributed by atoms with Crippen molar-refractivity contribution in [2.75, 3.05) is 51.8 Å². The van der Waals surface area contributed by atoms with Crippen LogP contribution in [0.3, 0.4) is 0 Å². The molecule has 1 amide bonds. The Morgan fingerprint density at radius 3 is 2.75 bits per heavy atom. The molecule has 1 aromatic heterocycles. The van der Waals surface area contributed by atoms with Crippen LogP contribution in [0.2, 0.25) is 0 Å². The first-order valence-electron chi connectivity index (χ1n) is 11.5. The molecule has 3 heterocycles. The normalized spacial score (nSPS) is 18.1. The van der Waals surface area contributed by atoms with Crippen LogP contribution in [-0.4, -0.2) is 84.9 Å². The van der Waals surface area contributed by atoms with E-state index in [9.17, 15) is 9.90 Å². The first kappa shape index (κ1) is 22.7. The Bertz CT molecular complexity index is 916. The number of likely N-dealkylation sites (N-methyl/N-ethyl adjacent to an activating group) is 1. The molecule has 1 atom stereocenters. The van der Waals surface area contributed by atoms with Gasteiger partial charge in [-0.15, -0.1) is 0 Å². The van der Waals surface area contributed by atoms with Gasteiger partial charge in [0.15, 0.2) is 0 Å². The van der Waals surface area contributed by atoms with Crippen LogP contribution in [0.25, 0.3) is 0 Å². The van der Waals surface area contributed by atoms with Crippen LogP contribution in [0, 0.1) is 0 Å². The number of rotatable bonds is 7. The molecule has 1 N–H and O–H groups in total. The van der Waals surface area contributed by atoms with Crippen LogP contribution in [-0.2, 0) is 17.7 Å². The van der Waals surface area contributed by atoms with Crippen LogP contribution in [0.4, 0.5) is 5.82 Å². The van der Waals surface area contributed by atoms with Crippen molar-refractivity contribution in [3.63, 3.8) is 0 Å². The molecule has 0 saturated carbocycles. The molecule has 0 radical (unpaired) electrons. The van der Waals surface area contributed by atoms with Crippen LogP contribution < -0.4 is 4.90 Å². The molecule has 2 aliphatic rings. The van der Waals surface area contributed by atoms with Crippen molar-refractivity contribution >= 4 is 11.7 Å². The number of β-amino-alcohol motifs (C(OH)–C–C–N with tert-alkyl or cyclic N) is 1. The van der Waals surface area contributed by atoms with Crippen molar-refractivity contribution in [1.82, 2.24) is 14.8 Å². The zero-order chi connectivity index (χ0) is 22.5. The molecule has 32 heavy (non-hydrogen) atoms. The van der Waals surface area contributed by atoms with Gasteiger partial charge in [0.25, 0.3) is 5.91 Å². The third-order valence-electron chi connectivity index (χ3n) is 6.60. The van der Waals surface area contributed by atoms with Crippen LogP contribution in [0.15, 0.2) is 42.6 Å². The van der Waals surface area contributed by atoms with Gasteiger partial charge >= 0.3 is 0 Å². The second-order valence-corrected chi connectivity index (χ2v) is 8.95. The maximum atomic E-state index is 13.0. The van der Waals surface area contributed by atoms with E-state index in [-0.39, 0.29) is 5.91 Å². The molecule has 0 spiro atoms. The van der Waals surface area contributed by atoms with E-state index in [1.807, 2.05) is 13.1 Å². The summed E-state index contributed by atoms with van der Waals surface area (Å²) in [5, 5.41) is 10.7. The van der Waals surface area contributed by atoms with Crippen molar-refractivity contribution in [1.29, 1.82) is 0 Å². The molecule has 7 heteroatoms. The number of carbonyl (C=O) groups is 1. The summed E-state index contributed by atoms with van der Waals surface area (Å²) in [5.41, 5.74) is 3.31. The van der Waals surface area contributed by atoms with Gasteiger partial charge in [-0.2, -0.15) is 0 Å². The minimum Gasteiger partial charge on any atom is -0.390 e. The van der Waals surface area contributed by atoms with E-state index in [0.717, 1.165) is 51.4 Å². The lowest BCUT2D eigenvalue weighted by Crippen LogP contribution is -2.42. The highest BCUT2D eigenvalue weighted by Gasteiger charge is 2.23. The molecule has 1 fully saturated rings. The summed E-state index contributed by atoms with van der Waals surface area (Å²) < 4.78 is 5.45. The molecule has 0 bridgehead atoms. The first-order valence-corrected chi connectivity index (χ1v) is 11.5. The van der Waals surface area contributed by atoms with Crippen LogP contribution >= 0.6 is 0 Å². The molecular formula is C25H34N4O3. The van der Waals surface area contributed by atoms with E-state index in [2.05, 4.69) is 39.0 Å². The van der Waals surface area contributed by atoms with Crippen LogP contribution in [0.1, 0.15) is 34.3 Å². The molecule has 2 aliphatic heterocycles. The fraction of sp³-hybridized carbons (Fsp3) is 0.520. The third-order valence-corrected chi connectivity index (χ3v) is 6.60. The fourth-order valence-corrected chi connectivity index (χ4v) is 4.69. The summed E-state index contributed by atoms with van der Waals surface area (Å²) in [7, 11) is 3.77. The monoisotopic (exact) mass is 438 g/mol. The maximum Gasteiger partial charge on any atom is 0.253 e. The van der Waals surface area contributed by atoms with Gasteiger partial charge in [0, 0.05) is 71.3 Å². The average Bonchev–Trinajstić information content (AvgIpc) is 2.83. The summed E-state index contributed by atoms with van der Waals surface area (Å²) in [5.74, 6) is 0.695. The lowest BCUT2D eigenvalue weighted by atomic mass is 10.00. The highest BCUT2D eigenvalue weighted by Crippen LogP contribution is 2.21. The number of nitrogens with zero attached hydrogens (tertiary/aromatic N) is 4. The van der Waals surface area contributed by atoms with Crippen molar-refractivity contribution in [3.05, 3.63) is 59.3 Å². The minimum absolute atomic E-state index is 0.0999. The van der Waals surface area contributed by atoms with Gasteiger partial charge in [-0.3, -0.25) is 9.69 Å². The molecule has 4 rings (SSSR count). The summed E-state index contributed by atoms with van der Waals surface area (Å²) in [4.78, 5) is 23.5. The van der Waals surface area contributed by atoms with E-state index in [1.165, 1.54) is 11.1 Å². The quantitative estimate of drug-likeness (QED) is 0.715.